The average molecular weight is 388 g/mol. The van der Waals surface area contributed by atoms with Gasteiger partial charge in [-0.3, -0.25) is 9.89 Å². The van der Waals surface area contributed by atoms with Crippen molar-refractivity contribution >= 4 is 23.0 Å². The summed E-state index contributed by atoms with van der Waals surface area (Å²) in [6.45, 7) is 1.89. The zero-order chi connectivity index (χ0) is 19.5. The molecule has 0 spiro atoms. The van der Waals surface area contributed by atoms with E-state index in [-0.39, 0.29) is 5.56 Å². The Bertz CT molecular complexity index is 1170. The molecule has 28 heavy (non-hydrogen) atoms. The molecule has 0 aliphatic carbocycles. The van der Waals surface area contributed by atoms with Crippen molar-refractivity contribution < 1.29 is 0 Å². The second kappa shape index (κ2) is 7.71. The van der Waals surface area contributed by atoms with Crippen molar-refractivity contribution in [3.63, 3.8) is 0 Å². The van der Waals surface area contributed by atoms with Crippen LogP contribution in [0, 0.1) is 6.92 Å². The van der Waals surface area contributed by atoms with Gasteiger partial charge in [0.05, 0.1) is 22.6 Å². The molecule has 0 saturated heterocycles. The number of H-pyrrole nitrogens is 1. The highest BCUT2D eigenvalue weighted by atomic mass is 35.5. The molecule has 1 heterocycles. The van der Waals surface area contributed by atoms with Gasteiger partial charge >= 0.3 is 0 Å². The molecule has 4 aromatic rings. The summed E-state index contributed by atoms with van der Waals surface area (Å²) in [6, 6.07) is 26.5. The minimum absolute atomic E-state index is 0.139. The third-order valence-electron chi connectivity index (χ3n) is 4.44. The molecule has 1 aromatic heterocycles. The minimum atomic E-state index is -0.139. The molecular formula is C23H18ClN3O. The number of aromatic nitrogens is 2. The van der Waals surface area contributed by atoms with Crippen LogP contribution < -0.4 is 5.56 Å². The Labute approximate surface area is 167 Å². The zero-order valence-corrected chi connectivity index (χ0v) is 16.0. The van der Waals surface area contributed by atoms with Gasteiger partial charge in [0.1, 0.15) is 0 Å². The van der Waals surface area contributed by atoms with E-state index in [2.05, 4.69) is 5.10 Å². The Hall–Kier alpha value is -3.37. The van der Waals surface area contributed by atoms with Crippen LogP contribution in [0.2, 0.25) is 5.02 Å². The van der Waals surface area contributed by atoms with E-state index in [1.807, 2.05) is 79.7 Å². The van der Waals surface area contributed by atoms with E-state index in [1.54, 1.807) is 16.8 Å². The van der Waals surface area contributed by atoms with Crippen LogP contribution >= 0.6 is 11.6 Å². The molecule has 1 N–H and O–H groups in total. The summed E-state index contributed by atoms with van der Waals surface area (Å²) >= 11 is 6.00. The first-order valence-corrected chi connectivity index (χ1v) is 9.28. The minimum Gasteiger partial charge on any atom is -0.295 e. The lowest BCUT2D eigenvalue weighted by atomic mass is 10.0. The van der Waals surface area contributed by atoms with E-state index >= 15 is 0 Å². The Balaban J connectivity index is 1.92. The van der Waals surface area contributed by atoms with Crippen LogP contribution in [0.3, 0.4) is 0 Å². The third kappa shape index (κ3) is 3.55. The molecular weight excluding hydrogens is 370 g/mol. The number of benzene rings is 3. The molecule has 4 nitrogen and oxygen atoms in total. The number of para-hydroxylation sites is 1. The van der Waals surface area contributed by atoms with Crippen molar-refractivity contribution in [1.29, 1.82) is 0 Å². The van der Waals surface area contributed by atoms with Gasteiger partial charge in [-0.2, -0.15) is 0 Å². The average Bonchev–Trinajstić information content (AvgIpc) is 3.03. The van der Waals surface area contributed by atoms with Gasteiger partial charge in [0.2, 0.25) is 0 Å². The van der Waals surface area contributed by atoms with Gasteiger partial charge in [-0.25, -0.2) is 9.67 Å². The summed E-state index contributed by atoms with van der Waals surface area (Å²) in [7, 11) is 0. The molecule has 0 unspecified atom stereocenters. The first-order chi connectivity index (χ1) is 13.6. The predicted molar refractivity (Wildman–Crippen MR) is 114 cm³/mol. The fourth-order valence-corrected chi connectivity index (χ4v) is 3.22. The van der Waals surface area contributed by atoms with E-state index in [9.17, 15) is 4.79 Å². The summed E-state index contributed by atoms with van der Waals surface area (Å²) in [5, 5.41) is 3.82. The molecule has 0 saturated carbocycles. The van der Waals surface area contributed by atoms with Crippen molar-refractivity contribution in [3.05, 3.63) is 117 Å². The maximum Gasteiger partial charge on any atom is 0.280 e. The lowest BCUT2D eigenvalue weighted by molar-refractivity contribution is 0.835. The lowest BCUT2D eigenvalue weighted by Gasteiger charge is -2.06. The first-order valence-electron chi connectivity index (χ1n) is 8.90. The van der Waals surface area contributed by atoms with E-state index in [1.165, 1.54) is 0 Å². The fraction of sp³-hybridized carbons (Fsp3) is 0.0435. The second-order valence-electron chi connectivity index (χ2n) is 6.39. The number of hydrogen-bond acceptors (Lipinski definition) is 2. The summed E-state index contributed by atoms with van der Waals surface area (Å²) in [5.74, 6) is 0. The monoisotopic (exact) mass is 387 g/mol. The van der Waals surface area contributed by atoms with Gasteiger partial charge in [-0.05, 0) is 43.3 Å². The van der Waals surface area contributed by atoms with Crippen molar-refractivity contribution in [3.8, 4) is 5.69 Å². The Morgan fingerprint density at radius 3 is 2.14 bits per heavy atom. The van der Waals surface area contributed by atoms with Crippen LogP contribution in [0.1, 0.15) is 16.8 Å². The molecule has 4 rings (SSSR count). The molecule has 0 aliphatic heterocycles. The van der Waals surface area contributed by atoms with Crippen molar-refractivity contribution in [2.75, 3.05) is 0 Å². The molecule has 0 amide bonds. The van der Waals surface area contributed by atoms with Crippen LogP contribution in [0.15, 0.2) is 94.7 Å². The summed E-state index contributed by atoms with van der Waals surface area (Å²) in [6.07, 6.45) is 0. The Morgan fingerprint density at radius 1 is 0.893 bits per heavy atom. The number of aromatic amines is 1. The highest BCUT2D eigenvalue weighted by Crippen LogP contribution is 2.21. The number of halogens is 1. The summed E-state index contributed by atoms with van der Waals surface area (Å²) < 4.78 is 1.55. The number of aryl methyl sites for hydroxylation is 1. The van der Waals surface area contributed by atoms with Gasteiger partial charge in [0, 0.05) is 16.3 Å². The molecule has 0 aliphatic rings. The number of aliphatic imine (C=N–C) groups is 1. The van der Waals surface area contributed by atoms with Gasteiger partial charge in [0.15, 0.2) is 0 Å². The van der Waals surface area contributed by atoms with Crippen LogP contribution in [0.25, 0.3) is 5.69 Å². The highest BCUT2D eigenvalue weighted by Gasteiger charge is 2.19. The smallest absolute Gasteiger partial charge is 0.280 e. The summed E-state index contributed by atoms with van der Waals surface area (Å²) in [5.41, 5.74) is 4.17. The quantitative estimate of drug-likeness (QED) is 0.475. The van der Waals surface area contributed by atoms with Crippen LogP contribution in [0.5, 0.6) is 0 Å². The molecule has 5 heteroatoms. The van der Waals surface area contributed by atoms with E-state index in [0.29, 0.717) is 16.3 Å². The zero-order valence-electron chi connectivity index (χ0n) is 15.3. The van der Waals surface area contributed by atoms with Crippen LogP contribution in [0.4, 0.5) is 5.69 Å². The van der Waals surface area contributed by atoms with Gasteiger partial charge in [-0.15, -0.1) is 0 Å². The molecule has 0 radical (unpaired) electrons. The second-order valence-corrected chi connectivity index (χ2v) is 6.83. The van der Waals surface area contributed by atoms with E-state index in [0.717, 1.165) is 22.6 Å². The van der Waals surface area contributed by atoms with Crippen molar-refractivity contribution in [2.45, 2.75) is 6.92 Å². The van der Waals surface area contributed by atoms with Crippen molar-refractivity contribution in [1.82, 2.24) is 9.78 Å². The van der Waals surface area contributed by atoms with Crippen LogP contribution in [-0.4, -0.2) is 15.5 Å². The third-order valence-corrected chi connectivity index (χ3v) is 4.69. The molecule has 0 atom stereocenters. The van der Waals surface area contributed by atoms with Gasteiger partial charge in [-0.1, -0.05) is 60.1 Å². The Morgan fingerprint density at radius 2 is 1.50 bits per heavy atom. The number of nitrogens with zero attached hydrogens (tertiary/aromatic N) is 2. The van der Waals surface area contributed by atoms with Crippen LogP contribution in [-0.2, 0) is 0 Å². The molecule has 138 valence electrons. The van der Waals surface area contributed by atoms with E-state index in [4.69, 9.17) is 16.6 Å². The number of hydrogen-bond donors (Lipinski definition) is 1. The highest BCUT2D eigenvalue weighted by molar-refractivity contribution is 6.30. The van der Waals surface area contributed by atoms with E-state index < -0.39 is 0 Å². The topological polar surface area (TPSA) is 50.1 Å². The maximum absolute atomic E-state index is 13.3. The number of rotatable bonds is 4. The molecule has 0 bridgehead atoms. The normalized spacial score (nSPS) is 11.6. The van der Waals surface area contributed by atoms with Gasteiger partial charge < -0.3 is 0 Å². The standard InChI is InChI=1S/C23H18ClN3O/c1-16-21(23(28)27(26-16)20-10-6-3-7-11-20)22(17-8-4-2-5-9-17)25-19-14-12-18(24)13-15-19/h2-15,26H,1H3. The first kappa shape index (κ1) is 18.0. The number of nitrogens with one attached hydrogen (secondary N) is 1. The largest absolute Gasteiger partial charge is 0.295 e. The molecule has 3 aromatic carbocycles. The summed E-state index contributed by atoms with van der Waals surface area (Å²) in [4.78, 5) is 18.1. The molecule has 0 fully saturated rings. The predicted octanol–water partition coefficient (Wildman–Crippen LogP) is 5.30. The maximum atomic E-state index is 13.3. The fourth-order valence-electron chi connectivity index (χ4n) is 3.09. The van der Waals surface area contributed by atoms with Crippen molar-refractivity contribution in [2.24, 2.45) is 4.99 Å². The SMILES string of the molecule is Cc1[nH]n(-c2ccccc2)c(=O)c1C(=Nc1ccc(Cl)cc1)c1ccccc1. The van der Waals surface area contributed by atoms with Gasteiger partial charge in [0.25, 0.3) is 5.56 Å². The Kier molecular flexibility index (Phi) is 4.96. The lowest BCUT2D eigenvalue weighted by Crippen LogP contribution is -2.21.